The molecule has 0 aliphatic heterocycles. The minimum absolute atomic E-state index is 0. The van der Waals surface area contributed by atoms with Gasteiger partial charge in [-0.05, 0) is 31.3 Å². The summed E-state index contributed by atoms with van der Waals surface area (Å²) in [7, 11) is 5.27. The summed E-state index contributed by atoms with van der Waals surface area (Å²) in [6.45, 7) is 1.49. The van der Waals surface area contributed by atoms with Crippen molar-refractivity contribution in [3.63, 3.8) is 0 Å². The molecule has 0 aromatic heterocycles. The average molecular weight is 259 g/mol. The number of likely N-dealkylation sites (N-methyl/N-ethyl adjacent to an activating group) is 2. The molecule has 0 fully saturated rings. The third-order valence-electron chi connectivity index (χ3n) is 2.38. The number of hydrogen-bond donors (Lipinski definition) is 1. The van der Waals surface area contributed by atoms with Crippen LogP contribution in [-0.4, -0.2) is 45.1 Å². The van der Waals surface area contributed by atoms with E-state index < -0.39 is 0 Å². The van der Waals surface area contributed by atoms with Crippen molar-refractivity contribution >= 4 is 18.3 Å². The first kappa shape index (κ1) is 15.7. The number of rotatable bonds is 5. The Morgan fingerprint density at radius 2 is 1.94 bits per heavy atom. The predicted octanol–water partition coefficient (Wildman–Crippen LogP) is 1.41. The van der Waals surface area contributed by atoms with E-state index in [1.807, 2.05) is 7.05 Å². The summed E-state index contributed by atoms with van der Waals surface area (Å²) in [4.78, 5) is 13.6. The van der Waals surface area contributed by atoms with Gasteiger partial charge in [0.1, 0.15) is 5.75 Å². The van der Waals surface area contributed by atoms with E-state index in [4.69, 9.17) is 4.74 Å². The molecular formula is C12H19ClN2O2. The molecule has 0 heterocycles. The third kappa shape index (κ3) is 4.63. The molecule has 0 saturated heterocycles. The number of benzene rings is 1. The van der Waals surface area contributed by atoms with E-state index in [-0.39, 0.29) is 18.3 Å². The minimum atomic E-state index is 0. The second-order valence-electron chi connectivity index (χ2n) is 3.56. The number of nitrogens with zero attached hydrogens (tertiary/aromatic N) is 1. The van der Waals surface area contributed by atoms with E-state index in [2.05, 4.69) is 5.32 Å². The summed E-state index contributed by atoms with van der Waals surface area (Å²) >= 11 is 0. The van der Waals surface area contributed by atoms with E-state index in [1.165, 1.54) is 0 Å². The zero-order chi connectivity index (χ0) is 12.0. The van der Waals surface area contributed by atoms with E-state index in [0.29, 0.717) is 12.1 Å². The number of nitrogens with one attached hydrogen (secondary N) is 1. The molecular weight excluding hydrogens is 240 g/mol. The monoisotopic (exact) mass is 258 g/mol. The van der Waals surface area contributed by atoms with Crippen LogP contribution in [0.4, 0.5) is 0 Å². The van der Waals surface area contributed by atoms with Crippen molar-refractivity contribution in [1.82, 2.24) is 10.2 Å². The molecule has 0 bridgehead atoms. The maximum atomic E-state index is 11.9. The van der Waals surface area contributed by atoms with Crippen LogP contribution in [0.2, 0.25) is 0 Å². The fourth-order valence-corrected chi connectivity index (χ4v) is 1.34. The quantitative estimate of drug-likeness (QED) is 0.868. The Kier molecular flexibility index (Phi) is 7.34. The van der Waals surface area contributed by atoms with Crippen LogP contribution in [0.3, 0.4) is 0 Å². The van der Waals surface area contributed by atoms with Gasteiger partial charge in [0.25, 0.3) is 5.91 Å². The number of amides is 1. The summed E-state index contributed by atoms with van der Waals surface area (Å²) < 4.78 is 5.04. The lowest BCUT2D eigenvalue weighted by molar-refractivity contribution is 0.0797. The molecule has 1 aromatic carbocycles. The minimum Gasteiger partial charge on any atom is -0.497 e. The van der Waals surface area contributed by atoms with E-state index >= 15 is 0 Å². The smallest absolute Gasteiger partial charge is 0.253 e. The molecule has 96 valence electrons. The topological polar surface area (TPSA) is 41.6 Å². The van der Waals surface area contributed by atoms with Crippen molar-refractivity contribution in [2.75, 3.05) is 34.3 Å². The Morgan fingerprint density at radius 3 is 2.41 bits per heavy atom. The van der Waals surface area contributed by atoms with Gasteiger partial charge in [-0.25, -0.2) is 0 Å². The molecule has 1 N–H and O–H groups in total. The maximum Gasteiger partial charge on any atom is 0.253 e. The largest absolute Gasteiger partial charge is 0.497 e. The van der Waals surface area contributed by atoms with Crippen molar-refractivity contribution in [3.05, 3.63) is 29.8 Å². The van der Waals surface area contributed by atoms with Crippen LogP contribution in [0, 0.1) is 0 Å². The number of hydrogen-bond acceptors (Lipinski definition) is 3. The van der Waals surface area contributed by atoms with Crippen LogP contribution in [-0.2, 0) is 0 Å². The van der Waals surface area contributed by atoms with E-state index in [9.17, 15) is 4.79 Å². The molecule has 0 atom stereocenters. The third-order valence-corrected chi connectivity index (χ3v) is 2.38. The maximum absolute atomic E-state index is 11.9. The molecule has 0 spiro atoms. The van der Waals surface area contributed by atoms with Crippen LogP contribution in [0.1, 0.15) is 10.4 Å². The zero-order valence-corrected chi connectivity index (χ0v) is 11.2. The fraction of sp³-hybridized carbons (Fsp3) is 0.417. The average Bonchev–Trinajstić information content (AvgIpc) is 2.35. The Balaban J connectivity index is 0.00000256. The first-order chi connectivity index (χ1) is 7.69. The number of carbonyl (C=O) groups is 1. The molecule has 4 nitrogen and oxygen atoms in total. The van der Waals surface area contributed by atoms with Crippen LogP contribution in [0.5, 0.6) is 5.75 Å². The molecule has 0 aliphatic carbocycles. The molecule has 0 unspecified atom stereocenters. The fourth-order valence-electron chi connectivity index (χ4n) is 1.34. The number of ether oxygens (including phenoxy) is 1. The standard InChI is InChI=1S/C12H18N2O2.ClH/c1-13-8-9-14(2)12(15)10-4-6-11(16-3)7-5-10;/h4-7,13H,8-9H2,1-3H3;1H. The first-order valence-corrected chi connectivity index (χ1v) is 5.23. The molecule has 0 radical (unpaired) electrons. The van der Waals surface area contributed by atoms with Gasteiger partial charge >= 0.3 is 0 Å². The van der Waals surface area contributed by atoms with Gasteiger partial charge in [-0.1, -0.05) is 0 Å². The van der Waals surface area contributed by atoms with Gasteiger partial charge in [0, 0.05) is 25.7 Å². The molecule has 5 heteroatoms. The Hall–Kier alpha value is -1.26. The Labute approximate surface area is 108 Å². The highest BCUT2D eigenvalue weighted by Crippen LogP contribution is 2.12. The van der Waals surface area contributed by atoms with Crippen molar-refractivity contribution in [2.45, 2.75) is 0 Å². The predicted molar refractivity (Wildman–Crippen MR) is 71.1 cm³/mol. The number of carbonyl (C=O) groups excluding carboxylic acids is 1. The normalized spacial score (nSPS) is 9.35. The van der Waals surface area contributed by atoms with Gasteiger partial charge in [-0.2, -0.15) is 0 Å². The summed E-state index contributed by atoms with van der Waals surface area (Å²) in [6, 6.07) is 7.13. The highest BCUT2D eigenvalue weighted by Gasteiger charge is 2.10. The molecule has 1 rings (SSSR count). The molecule has 17 heavy (non-hydrogen) atoms. The van der Waals surface area contributed by atoms with Gasteiger partial charge in [-0.15, -0.1) is 12.4 Å². The first-order valence-electron chi connectivity index (χ1n) is 5.23. The summed E-state index contributed by atoms with van der Waals surface area (Å²) in [5.74, 6) is 0.785. The highest BCUT2D eigenvalue weighted by molar-refractivity contribution is 5.94. The van der Waals surface area contributed by atoms with Crippen LogP contribution >= 0.6 is 12.4 Å². The Morgan fingerprint density at radius 1 is 1.35 bits per heavy atom. The lowest BCUT2D eigenvalue weighted by Crippen LogP contribution is -2.32. The van der Waals surface area contributed by atoms with Gasteiger partial charge in [0.05, 0.1) is 7.11 Å². The van der Waals surface area contributed by atoms with E-state index in [1.54, 1.807) is 43.3 Å². The molecule has 1 aromatic rings. The lowest BCUT2D eigenvalue weighted by Gasteiger charge is -2.16. The summed E-state index contributed by atoms with van der Waals surface area (Å²) in [5.41, 5.74) is 0.680. The van der Waals surface area contributed by atoms with Gasteiger partial charge in [0.2, 0.25) is 0 Å². The summed E-state index contributed by atoms with van der Waals surface area (Å²) in [6.07, 6.45) is 0. The Bertz CT molecular complexity index is 341. The zero-order valence-electron chi connectivity index (χ0n) is 10.4. The molecule has 0 aliphatic rings. The number of halogens is 1. The molecule has 1 amide bonds. The van der Waals surface area contributed by atoms with Crippen molar-refractivity contribution < 1.29 is 9.53 Å². The van der Waals surface area contributed by atoms with Crippen LogP contribution in [0.25, 0.3) is 0 Å². The second kappa shape index (κ2) is 7.92. The second-order valence-corrected chi connectivity index (χ2v) is 3.56. The highest BCUT2D eigenvalue weighted by atomic mass is 35.5. The van der Waals surface area contributed by atoms with Crippen molar-refractivity contribution in [2.24, 2.45) is 0 Å². The van der Waals surface area contributed by atoms with Gasteiger partial charge < -0.3 is 15.0 Å². The lowest BCUT2D eigenvalue weighted by atomic mass is 10.2. The van der Waals surface area contributed by atoms with Crippen LogP contribution in [0.15, 0.2) is 24.3 Å². The molecule has 0 saturated carbocycles. The van der Waals surface area contributed by atoms with Gasteiger partial charge in [0.15, 0.2) is 0 Å². The van der Waals surface area contributed by atoms with Crippen LogP contribution < -0.4 is 10.1 Å². The van der Waals surface area contributed by atoms with E-state index in [0.717, 1.165) is 12.3 Å². The van der Waals surface area contributed by atoms with Crippen molar-refractivity contribution in [1.29, 1.82) is 0 Å². The SMILES string of the molecule is CNCCN(C)C(=O)c1ccc(OC)cc1.Cl. The number of methoxy groups -OCH3 is 1. The van der Waals surface area contributed by atoms with Crippen molar-refractivity contribution in [3.8, 4) is 5.75 Å². The summed E-state index contributed by atoms with van der Waals surface area (Å²) in [5, 5.41) is 3.01. The van der Waals surface area contributed by atoms with Gasteiger partial charge in [-0.3, -0.25) is 4.79 Å².